The second-order valence-corrected chi connectivity index (χ2v) is 11.9. The third kappa shape index (κ3) is 3.78. The summed E-state index contributed by atoms with van der Waals surface area (Å²) >= 11 is 0. The summed E-state index contributed by atoms with van der Waals surface area (Å²) in [7, 11) is 1.69. The van der Waals surface area contributed by atoms with E-state index in [9.17, 15) is 18.7 Å². The number of halogens is 3. The molecule has 212 valence electrons. The molecule has 1 fully saturated rings. The molecular formula is C30H28F3N5O3. The van der Waals surface area contributed by atoms with E-state index in [4.69, 9.17) is 15.6 Å². The summed E-state index contributed by atoms with van der Waals surface area (Å²) < 4.78 is 48.7. The van der Waals surface area contributed by atoms with E-state index in [1.54, 1.807) is 47.1 Å². The van der Waals surface area contributed by atoms with Crippen molar-refractivity contribution in [3.63, 3.8) is 0 Å². The number of aliphatic hydroxyl groups excluding tert-OH is 1. The van der Waals surface area contributed by atoms with Crippen molar-refractivity contribution in [2.24, 2.45) is 11.1 Å². The van der Waals surface area contributed by atoms with Gasteiger partial charge in [-0.3, -0.25) is 9.78 Å². The van der Waals surface area contributed by atoms with Gasteiger partial charge in [0.1, 0.15) is 11.6 Å². The minimum atomic E-state index is -3.04. The van der Waals surface area contributed by atoms with Crippen LogP contribution in [0.2, 0.25) is 0 Å². The van der Waals surface area contributed by atoms with Gasteiger partial charge in [-0.25, -0.2) is 8.91 Å². The number of ether oxygens (including phenoxy) is 1. The highest BCUT2D eigenvalue weighted by molar-refractivity contribution is 5.98. The van der Waals surface area contributed by atoms with Gasteiger partial charge in [-0.15, -0.1) is 0 Å². The highest BCUT2D eigenvalue weighted by Gasteiger charge is 2.52. The van der Waals surface area contributed by atoms with Crippen molar-refractivity contribution in [1.82, 2.24) is 19.5 Å². The Kier molecular flexibility index (Phi) is 5.55. The summed E-state index contributed by atoms with van der Waals surface area (Å²) in [4.78, 5) is 19.3. The van der Waals surface area contributed by atoms with Crippen molar-refractivity contribution in [2.75, 3.05) is 13.7 Å². The molecule has 1 saturated carbocycles. The molecule has 8 nitrogen and oxygen atoms in total. The van der Waals surface area contributed by atoms with Gasteiger partial charge in [0.25, 0.3) is 5.91 Å². The fourth-order valence-corrected chi connectivity index (χ4v) is 7.25. The number of hydrogen-bond acceptors (Lipinski definition) is 6. The van der Waals surface area contributed by atoms with Crippen molar-refractivity contribution in [1.29, 1.82) is 0 Å². The largest absolute Gasteiger partial charge is 0.434 e. The average molecular weight is 564 g/mol. The molecule has 2 atom stereocenters. The molecule has 3 aromatic heterocycles. The Morgan fingerprint density at radius 1 is 1.20 bits per heavy atom. The number of nitrogens with zero attached hydrogens (tertiary/aromatic N) is 4. The molecule has 7 rings (SSSR count). The van der Waals surface area contributed by atoms with Crippen LogP contribution in [0, 0.1) is 11.2 Å². The lowest BCUT2D eigenvalue weighted by Crippen LogP contribution is -2.56. The normalized spacial score (nSPS) is 26.6. The third-order valence-electron chi connectivity index (χ3n) is 8.99. The van der Waals surface area contributed by atoms with Crippen LogP contribution in [0.4, 0.5) is 13.2 Å². The highest BCUT2D eigenvalue weighted by Crippen LogP contribution is 2.54. The van der Waals surface area contributed by atoms with E-state index in [-0.39, 0.29) is 35.4 Å². The number of aromatic nitrogens is 3. The molecule has 3 aliphatic rings. The summed E-state index contributed by atoms with van der Waals surface area (Å²) in [5.74, 6) is -1.23. The van der Waals surface area contributed by atoms with Gasteiger partial charge >= 0.3 is 6.61 Å². The van der Waals surface area contributed by atoms with Crippen LogP contribution >= 0.6 is 0 Å². The van der Waals surface area contributed by atoms with Gasteiger partial charge in [-0.2, -0.15) is 13.9 Å². The molecule has 2 aliphatic carbocycles. The Balaban J connectivity index is 1.32. The Bertz CT molecular complexity index is 1730. The predicted octanol–water partition coefficient (Wildman–Crippen LogP) is 4.75. The van der Waals surface area contributed by atoms with Crippen molar-refractivity contribution >= 4 is 11.4 Å². The summed E-state index contributed by atoms with van der Waals surface area (Å²) in [5, 5.41) is 14.4. The standard InChI is InChI=1S/C30H28F3N5O3/c1-29(14-39)12-30(34,13-29)26-19(31)8-16(11-35-26)15-6-7-38-20(9-15)24-18-10-21(25(24)36-38)37(2)27(40)17-4-3-5-22(23(17)18)41-28(32)33/h3-9,11,18,21,28,39H,10,12-14,34H2,1-2H3. The number of nitrogens with two attached hydrogens (primary N) is 1. The molecular weight excluding hydrogens is 535 g/mol. The molecule has 0 radical (unpaired) electrons. The fourth-order valence-electron chi connectivity index (χ4n) is 7.25. The molecule has 2 bridgehead atoms. The van der Waals surface area contributed by atoms with E-state index in [2.05, 4.69) is 4.98 Å². The van der Waals surface area contributed by atoms with Crippen molar-refractivity contribution in [2.45, 2.75) is 50.3 Å². The number of alkyl halides is 2. The van der Waals surface area contributed by atoms with Gasteiger partial charge in [0, 0.05) is 54.2 Å². The van der Waals surface area contributed by atoms with E-state index in [1.807, 2.05) is 13.0 Å². The minimum Gasteiger partial charge on any atom is -0.434 e. The number of carbonyl (C=O) groups is 1. The first-order chi connectivity index (χ1) is 19.5. The molecule has 3 N–H and O–H groups in total. The zero-order chi connectivity index (χ0) is 28.8. The predicted molar refractivity (Wildman–Crippen MR) is 143 cm³/mol. The lowest BCUT2D eigenvalue weighted by Gasteiger charge is -2.51. The lowest BCUT2D eigenvalue weighted by molar-refractivity contribution is -0.0505. The van der Waals surface area contributed by atoms with Gasteiger partial charge in [0.05, 0.1) is 28.5 Å². The number of hydrogen-bond donors (Lipinski definition) is 2. The number of carbonyl (C=O) groups excluding carboxylic acids is 1. The van der Waals surface area contributed by atoms with Gasteiger partial charge in [-0.05, 0) is 60.6 Å². The average Bonchev–Trinajstić information content (AvgIpc) is 3.44. The van der Waals surface area contributed by atoms with Gasteiger partial charge < -0.3 is 20.5 Å². The molecule has 1 aliphatic heterocycles. The molecule has 0 saturated heterocycles. The number of benzene rings is 1. The van der Waals surface area contributed by atoms with Crippen LogP contribution in [0.25, 0.3) is 16.6 Å². The summed E-state index contributed by atoms with van der Waals surface area (Å²) in [6.45, 7) is -1.15. The van der Waals surface area contributed by atoms with Crippen LogP contribution in [-0.2, 0) is 5.54 Å². The molecule has 1 aromatic carbocycles. The monoisotopic (exact) mass is 563 g/mol. The van der Waals surface area contributed by atoms with E-state index in [0.29, 0.717) is 47.2 Å². The van der Waals surface area contributed by atoms with Crippen LogP contribution in [0.5, 0.6) is 5.75 Å². The second-order valence-electron chi connectivity index (χ2n) is 11.9. The number of amides is 1. The van der Waals surface area contributed by atoms with Gasteiger partial charge in [-0.1, -0.05) is 13.0 Å². The molecule has 11 heteroatoms. The lowest BCUT2D eigenvalue weighted by atomic mass is 9.57. The van der Waals surface area contributed by atoms with Gasteiger partial charge in [0.15, 0.2) is 0 Å². The number of rotatable bonds is 5. The summed E-state index contributed by atoms with van der Waals surface area (Å²) in [5.41, 5.74) is 9.58. The zero-order valence-electron chi connectivity index (χ0n) is 22.4. The van der Waals surface area contributed by atoms with Gasteiger partial charge in [0.2, 0.25) is 0 Å². The SMILES string of the molecule is CN1C(=O)c2cccc(OC(F)F)c2C2CC1c1nn3ccc(-c4cnc(C5(N)CC(C)(CO)C5)c(F)c4)cc3c12. The van der Waals surface area contributed by atoms with Crippen LogP contribution in [0.15, 0.2) is 48.8 Å². The zero-order valence-corrected chi connectivity index (χ0v) is 22.4. The maximum Gasteiger partial charge on any atom is 0.387 e. The molecule has 4 heterocycles. The molecule has 0 spiro atoms. The Morgan fingerprint density at radius 2 is 1.98 bits per heavy atom. The fraction of sp³-hybridized carbons (Fsp3) is 0.367. The number of aliphatic hydroxyl groups is 1. The van der Waals surface area contributed by atoms with E-state index in [1.165, 1.54) is 12.1 Å². The maximum absolute atomic E-state index is 15.4. The summed E-state index contributed by atoms with van der Waals surface area (Å²) in [6.07, 6.45) is 4.70. The topological polar surface area (TPSA) is 106 Å². The molecule has 1 amide bonds. The molecule has 41 heavy (non-hydrogen) atoms. The molecule has 2 unspecified atom stereocenters. The Labute approximate surface area is 233 Å². The first-order valence-corrected chi connectivity index (χ1v) is 13.5. The number of pyridine rings is 2. The van der Waals surface area contributed by atoms with Crippen LogP contribution in [0.3, 0.4) is 0 Å². The highest BCUT2D eigenvalue weighted by atomic mass is 19.3. The number of fused-ring (bicyclic) bond motifs is 9. The first-order valence-electron chi connectivity index (χ1n) is 13.5. The summed E-state index contributed by atoms with van der Waals surface area (Å²) in [6, 6.07) is 9.38. The van der Waals surface area contributed by atoms with E-state index >= 15 is 4.39 Å². The van der Waals surface area contributed by atoms with Crippen molar-refractivity contribution < 1.29 is 27.8 Å². The quantitative estimate of drug-likeness (QED) is 0.363. The maximum atomic E-state index is 15.4. The van der Waals surface area contributed by atoms with Crippen LogP contribution in [-0.4, -0.2) is 50.8 Å². The van der Waals surface area contributed by atoms with Crippen LogP contribution in [0.1, 0.15) is 71.0 Å². The van der Waals surface area contributed by atoms with Crippen molar-refractivity contribution in [3.8, 4) is 16.9 Å². The third-order valence-corrected chi connectivity index (χ3v) is 8.99. The van der Waals surface area contributed by atoms with E-state index < -0.39 is 23.9 Å². The van der Waals surface area contributed by atoms with Crippen molar-refractivity contribution in [3.05, 3.63) is 82.7 Å². The van der Waals surface area contributed by atoms with Crippen LogP contribution < -0.4 is 10.5 Å². The first kappa shape index (κ1) is 26.0. The second kappa shape index (κ2) is 8.77. The van der Waals surface area contributed by atoms with E-state index in [0.717, 1.165) is 11.1 Å². The molecule has 4 aromatic rings. The minimum absolute atomic E-state index is 0.0205. The smallest absolute Gasteiger partial charge is 0.387 e. The Hall–Kier alpha value is -3.96. The Morgan fingerprint density at radius 3 is 2.68 bits per heavy atom.